The standard InChI is InChI=1S/C8H17O3S.K/c1-2-3-4-5-6-7-8-11-12(9)10;/h2-8H2,1H3;/q-1;+1. The van der Waals surface area contributed by atoms with Gasteiger partial charge in [-0.15, -0.1) is 0 Å². The van der Waals surface area contributed by atoms with Gasteiger partial charge in [0.1, 0.15) is 0 Å². The summed E-state index contributed by atoms with van der Waals surface area (Å²) in [5.41, 5.74) is 0. The van der Waals surface area contributed by atoms with Crippen molar-refractivity contribution in [2.45, 2.75) is 45.4 Å². The quantitative estimate of drug-likeness (QED) is 0.325. The van der Waals surface area contributed by atoms with E-state index in [0.29, 0.717) is 6.61 Å². The van der Waals surface area contributed by atoms with Gasteiger partial charge in [0.15, 0.2) is 0 Å². The van der Waals surface area contributed by atoms with Crippen molar-refractivity contribution in [1.82, 2.24) is 0 Å². The molecule has 0 aromatic carbocycles. The van der Waals surface area contributed by atoms with Crippen molar-refractivity contribution in [3.63, 3.8) is 0 Å². The second-order valence-corrected chi connectivity index (χ2v) is 3.44. The minimum Gasteiger partial charge on any atom is -0.424 e. The summed E-state index contributed by atoms with van der Waals surface area (Å²) < 4.78 is 24.2. The molecule has 0 unspecified atom stereocenters. The molecule has 0 N–H and O–H groups in total. The maximum atomic E-state index is 9.91. The first-order chi connectivity index (χ1) is 5.77. The zero-order valence-corrected chi connectivity index (χ0v) is 12.5. The van der Waals surface area contributed by atoms with Gasteiger partial charge in [-0.3, -0.25) is 0 Å². The molecule has 0 saturated carbocycles. The average Bonchev–Trinajstić information content (AvgIpc) is 2.02. The van der Waals surface area contributed by atoms with E-state index in [9.17, 15) is 8.42 Å². The first-order valence-electron chi connectivity index (χ1n) is 4.50. The van der Waals surface area contributed by atoms with Gasteiger partial charge < -0.3 is 12.6 Å². The Hall–Kier alpha value is 1.55. The van der Waals surface area contributed by atoms with Gasteiger partial charge in [0.2, 0.25) is 0 Å². The Balaban J connectivity index is 0. The molecule has 0 spiro atoms. The van der Waals surface area contributed by atoms with Crippen LogP contribution in [0.1, 0.15) is 45.4 Å². The summed E-state index contributed by atoms with van der Waals surface area (Å²) in [6.07, 6.45) is 6.85. The zero-order chi connectivity index (χ0) is 9.23. The topological polar surface area (TPSA) is 43.4 Å². The van der Waals surface area contributed by atoms with Crippen LogP contribution in [0.5, 0.6) is 0 Å². The Morgan fingerprint density at radius 3 is 2.08 bits per heavy atom. The minimum atomic E-state index is -2.32. The summed E-state index contributed by atoms with van der Waals surface area (Å²) in [5.74, 6) is 0. The second kappa shape index (κ2) is 13.5. The predicted octanol–water partition coefficient (Wildman–Crippen LogP) is -0.408. The van der Waals surface area contributed by atoms with Crippen molar-refractivity contribution in [2.75, 3.05) is 6.61 Å². The van der Waals surface area contributed by atoms with E-state index in [1.54, 1.807) is 0 Å². The molecule has 0 rings (SSSR count). The third-order valence-electron chi connectivity index (χ3n) is 1.68. The molecular formula is C8H17KO3S. The maximum absolute atomic E-state index is 9.91. The molecule has 0 aromatic heterocycles. The fraction of sp³-hybridized carbons (Fsp3) is 1.00. The summed E-state index contributed by atoms with van der Waals surface area (Å²) in [7, 11) is -2.32. The van der Waals surface area contributed by atoms with E-state index >= 15 is 0 Å². The van der Waals surface area contributed by atoms with E-state index in [4.69, 9.17) is 0 Å². The fourth-order valence-corrected chi connectivity index (χ4v) is 1.26. The van der Waals surface area contributed by atoms with E-state index in [-0.39, 0.29) is 51.4 Å². The molecular weight excluding hydrogens is 215 g/mol. The Kier molecular flexibility index (Phi) is 17.7. The number of hydrogen-bond donors (Lipinski definition) is 0. The van der Waals surface area contributed by atoms with Crippen molar-refractivity contribution in [1.29, 1.82) is 0 Å². The van der Waals surface area contributed by atoms with Crippen LogP contribution < -0.4 is 51.4 Å². The summed E-state index contributed by atoms with van der Waals surface area (Å²) in [6, 6.07) is 0. The molecule has 5 heteroatoms. The molecule has 0 aliphatic heterocycles. The van der Waals surface area contributed by atoms with Gasteiger partial charge in [0.05, 0.1) is 11.0 Å². The number of rotatable bonds is 8. The third-order valence-corrected chi connectivity index (χ3v) is 2.04. The van der Waals surface area contributed by atoms with E-state index in [1.165, 1.54) is 25.7 Å². The molecule has 0 atom stereocenters. The van der Waals surface area contributed by atoms with Gasteiger partial charge in [-0.1, -0.05) is 39.0 Å². The van der Waals surface area contributed by atoms with Gasteiger partial charge in [-0.25, -0.2) is 0 Å². The van der Waals surface area contributed by atoms with E-state index < -0.39 is 11.0 Å². The van der Waals surface area contributed by atoms with Gasteiger partial charge in [0.25, 0.3) is 0 Å². The molecule has 0 aliphatic carbocycles. The molecule has 0 aliphatic rings. The molecule has 0 radical (unpaired) electrons. The van der Waals surface area contributed by atoms with Crippen LogP contribution >= 0.6 is 0 Å². The Morgan fingerprint density at radius 2 is 1.54 bits per heavy atom. The van der Waals surface area contributed by atoms with Gasteiger partial charge in [-0.05, 0) is 6.42 Å². The summed E-state index contributed by atoms with van der Waals surface area (Å²) in [5, 5.41) is 0. The van der Waals surface area contributed by atoms with Crippen LogP contribution in [0.2, 0.25) is 0 Å². The molecule has 13 heavy (non-hydrogen) atoms. The summed E-state index contributed by atoms with van der Waals surface area (Å²) in [6.45, 7) is 2.51. The van der Waals surface area contributed by atoms with Crippen LogP contribution in [0.4, 0.5) is 0 Å². The number of unbranched alkanes of at least 4 members (excludes halogenated alkanes) is 5. The monoisotopic (exact) mass is 232 g/mol. The summed E-state index contributed by atoms with van der Waals surface area (Å²) in [4.78, 5) is 0. The molecule has 3 nitrogen and oxygen atoms in total. The molecule has 0 saturated heterocycles. The molecule has 0 aromatic rings. The van der Waals surface area contributed by atoms with Crippen molar-refractivity contribution < 1.29 is 64.0 Å². The van der Waals surface area contributed by atoms with Crippen LogP contribution in [-0.2, 0) is 23.6 Å². The Bertz CT molecular complexity index is 151. The van der Waals surface area contributed by atoms with E-state index in [1.807, 2.05) is 0 Å². The third kappa shape index (κ3) is 16.2. The van der Waals surface area contributed by atoms with Crippen LogP contribution in [0.3, 0.4) is 0 Å². The largest absolute Gasteiger partial charge is 1.00 e. The van der Waals surface area contributed by atoms with Crippen LogP contribution in [-0.4, -0.2) is 6.61 Å². The number of hydrogen-bond acceptors (Lipinski definition) is 4. The maximum Gasteiger partial charge on any atom is 1.00 e. The van der Waals surface area contributed by atoms with Crippen LogP contribution in [0, 0.1) is 0 Å². The van der Waals surface area contributed by atoms with E-state index in [2.05, 4.69) is 11.1 Å². The van der Waals surface area contributed by atoms with Crippen molar-refractivity contribution in [2.24, 2.45) is 0 Å². The van der Waals surface area contributed by atoms with Crippen LogP contribution in [0.15, 0.2) is 0 Å². The Morgan fingerprint density at radius 1 is 1.00 bits per heavy atom. The van der Waals surface area contributed by atoms with E-state index in [0.717, 1.165) is 12.8 Å². The zero-order valence-electron chi connectivity index (χ0n) is 8.58. The predicted molar refractivity (Wildman–Crippen MR) is 48.1 cm³/mol. The van der Waals surface area contributed by atoms with Gasteiger partial charge in [-0.2, -0.15) is 0 Å². The van der Waals surface area contributed by atoms with Gasteiger partial charge in [0, 0.05) is 6.61 Å². The molecule has 0 heterocycles. The average molecular weight is 232 g/mol. The molecule has 0 amide bonds. The SMILES string of the molecule is CCCCCCCCO[S-](=O)=O.[K+]. The van der Waals surface area contributed by atoms with Gasteiger partial charge >= 0.3 is 51.4 Å². The molecule has 0 bridgehead atoms. The molecule has 0 fully saturated rings. The Labute approximate surface area is 125 Å². The smallest absolute Gasteiger partial charge is 0.424 e. The second-order valence-electron chi connectivity index (χ2n) is 2.79. The van der Waals surface area contributed by atoms with Crippen LogP contribution in [0.25, 0.3) is 0 Å². The van der Waals surface area contributed by atoms with Crippen molar-refractivity contribution in [3.8, 4) is 0 Å². The minimum absolute atomic E-state index is 0. The molecule has 74 valence electrons. The normalized spacial score (nSPS) is 10.0. The first kappa shape index (κ1) is 17.0. The summed E-state index contributed by atoms with van der Waals surface area (Å²) >= 11 is 0. The fourth-order valence-electron chi connectivity index (χ4n) is 1.01. The van der Waals surface area contributed by atoms with Crippen molar-refractivity contribution in [3.05, 3.63) is 0 Å². The first-order valence-corrected chi connectivity index (χ1v) is 5.50. The van der Waals surface area contributed by atoms with Crippen molar-refractivity contribution >= 4 is 11.0 Å².